The first-order valence-electron chi connectivity index (χ1n) is 6.20. The molecule has 0 saturated carbocycles. The molecule has 0 amide bonds. The van der Waals surface area contributed by atoms with Gasteiger partial charge in [0.25, 0.3) is 0 Å². The Morgan fingerprint density at radius 3 is 2.29 bits per heavy atom. The molecule has 0 spiro atoms. The van der Waals surface area contributed by atoms with Gasteiger partial charge < -0.3 is 9.47 Å². The summed E-state index contributed by atoms with van der Waals surface area (Å²) < 4.78 is 23.6. The number of ether oxygens (including phenoxy) is 2. The maximum Gasteiger partial charge on any atom is 0.193 e. The summed E-state index contributed by atoms with van der Waals surface area (Å²) in [7, 11) is 3.02. The van der Waals surface area contributed by atoms with E-state index in [0.717, 1.165) is 5.56 Å². The van der Waals surface area contributed by atoms with Gasteiger partial charge in [-0.15, -0.1) is 0 Å². The van der Waals surface area contributed by atoms with Crippen LogP contribution in [0, 0.1) is 12.7 Å². The van der Waals surface area contributed by atoms with E-state index in [2.05, 4.69) is 0 Å². The maximum atomic E-state index is 13.2. The molecule has 0 aliphatic heterocycles. The lowest BCUT2D eigenvalue weighted by Crippen LogP contribution is -2.05. The first-order chi connectivity index (χ1) is 9.97. The second kappa shape index (κ2) is 6.14. The first-order valence-corrected chi connectivity index (χ1v) is 6.58. The Labute approximate surface area is 127 Å². The van der Waals surface area contributed by atoms with Gasteiger partial charge in [0.05, 0.1) is 19.2 Å². The summed E-state index contributed by atoms with van der Waals surface area (Å²) in [5.41, 5.74) is 1.50. The highest BCUT2D eigenvalue weighted by molar-refractivity contribution is 6.31. The minimum absolute atomic E-state index is 0.0843. The summed E-state index contributed by atoms with van der Waals surface area (Å²) in [6.45, 7) is 1.79. The van der Waals surface area contributed by atoms with E-state index in [1.165, 1.54) is 32.4 Å². The zero-order valence-electron chi connectivity index (χ0n) is 11.9. The fraction of sp³-hybridized carbons (Fsp3) is 0.188. The lowest BCUT2D eigenvalue weighted by atomic mass is 9.98. The third-order valence-electron chi connectivity index (χ3n) is 3.16. The van der Waals surface area contributed by atoms with Crippen molar-refractivity contribution in [3.63, 3.8) is 0 Å². The molecule has 3 nitrogen and oxygen atoms in total. The van der Waals surface area contributed by atoms with E-state index < -0.39 is 5.82 Å². The molecule has 0 atom stereocenters. The molecule has 2 aromatic carbocycles. The Hall–Kier alpha value is -2.07. The van der Waals surface area contributed by atoms with Crippen molar-refractivity contribution in [1.29, 1.82) is 0 Å². The summed E-state index contributed by atoms with van der Waals surface area (Å²) >= 11 is 5.72. The molecule has 110 valence electrons. The summed E-state index contributed by atoms with van der Waals surface area (Å²) in [5, 5.41) is -0.0843. The highest BCUT2D eigenvalue weighted by atomic mass is 35.5. The molecule has 0 aliphatic carbocycles. The number of aryl methyl sites for hydroxylation is 1. The smallest absolute Gasteiger partial charge is 0.193 e. The van der Waals surface area contributed by atoms with E-state index in [4.69, 9.17) is 21.1 Å². The summed E-state index contributed by atoms with van der Waals surface area (Å²) in [4.78, 5) is 12.5. The third kappa shape index (κ3) is 3.00. The lowest BCUT2D eigenvalue weighted by Gasteiger charge is -2.12. The lowest BCUT2D eigenvalue weighted by molar-refractivity contribution is 0.103. The van der Waals surface area contributed by atoms with E-state index in [9.17, 15) is 9.18 Å². The molecule has 0 N–H and O–H groups in total. The van der Waals surface area contributed by atoms with Crippen LogP contribution in [0.5, 0.6) is 11.5 Å². The van der Waals surface area contributed by atoms with Gasteiger partial charge in [0.15, 0.2) is 17.3 Å². The standard InChI is InChI=1S/C16H14ClFO3/c1-9-6-14(20-2)15(21-3)8-11(9)16(19)10-4-5-13(18)12(17)7-10/h4-8H,1-3H3. The second-order valence-electron chi connectivity index (χ2n) is 4.48. The van der Waals surface area contributed by atoms with Crippen LogP contribution in [0.15, 0.2) is 30.3 Å². The normalized spacial score (nSPS) is 10.3. The number of carbonyl (C=O) groups is 1. The maximum absolute atomic E-state index is 13.2. The second-order valence-corrected chi connectivity index (χ2v) is 4.89. The zero-order chi connectivity index (χ0) is 15.6. The van der Waals surface area contributed by atoms with Gasteiger partial charge in [0, 0.05) is 11.1 Å². The van der Waals surface area contributed by atoms with Gasteiger partial charge in [-0.1, -0.05) is 11.6 Å². The molecule has 0 aromatic heterocycles. The molecule has 0 aliphatic rings. The molecular formula is C16H14ClFO3. The topological polar surface area (TPSA) is 35.5 Å². The Balaban J connectivity index is 2.50. The van der Waals surface area contributed by atoms with Gasteiger partial charge in [-0.05, 0) is 42.8 Å². The van der Waals surface area contributed by atoms with Gasteiger partial charge in [-0.25, -0.2) is 4.39 Å². The Morgan fingerprint density at radius 1 is 1.10 bits per heavy atom. The molecule has 0 unspecified atom stereocenters. The molecule has 21 heavy (non-hydrogen) atoms. The number of methoxy groups -OCH3 is 2. The van der Waals surface area contributed by atoms with Crippen molar-refractivity contribution >= 4 is 17.4 Å². The zero-order valence-corrected chi connectivity index (χ0v) is 12.6. The van der Waals surface area contributed by atoms with Crippen LogP contribution in [0.3, 0.4) is 0 Å². The van der Waals surface area contributed by atoms with E-state index >= 15 is 0 Å². The molecule has 5 heteroatoms. The van der Waals surface area contributed by atoms with E-state index in [1.807, 2.05) is 0 Å². The van der Waals surface area contributed by atoms with Crippen LogP contribution < -0.4 is 9.47 Å². The fourth-order valence-corrected chi connectivity index (χ4v) is 2.20. The van der Waals surface area contributed by atoms with Crippen LogP contribution in [-0.4, -0.2) is 20.0 Å². The van der Waals surface area contributed by atoms with Gasteiger partial charge in [0.2, 0.25) is 0 Å². The molecule has 2 rings (SSSR count). The first kappa shape index (κ1) is 15.3. The predicted molar refractivity (Wildman–Crippen MR) is 79.1 cm³/mol. The number of hydrogen-bond acceptors (Lipinski definition) is 3. The number of halogens is 2. The molecule has 0 bridgehead atoms. The average Bonchev–Trinajstić information content (AvgIpc) is 2.49. The van der Waals surface area contributed by atoms with Crippen LogP contribution in [0.1, 0.15) is 21.5 Å². The molecule has 0 saturated heterocycles. The van der Waals surface area contributed by atoms with Gasteiger partial charge >= 0.3 is 0 Å². The Bertz CT molecular complexity index is 698. The van der Waals surface area contributed by atoms with Crippen molar-refractivity contribution in [2.24, 2.45) is 0 Å². The Morgan fingerprint density at radius 2 is 1.71 bits per heavy atom. The average molecular weight is 309 g/mol. The van der Waals surface area contributed by atoms with Crippen molar-refractivity contribution in [3.05, 3.63) is 57.9 Å². The van der Waals surface area contributed by atoms with Crippen LogP contribution in [-0.2, 0) is 0 Å². The number of hydrogen-bond donors (Lipinski definition) is 0. The summed E-state index contributed by atoms with van der Waals surface area (Å²) in [5.74, 6) is 0.191. The minimum Gasteiger partial charge on any atom is -0.493 e. The highest BCUT2D eigenvalue weighted by Gasteiger charge is 2.17. The van der Waals surface area contributed by atoms with Crippen molar-refractivity contribution in [2.45, 2.75) is 6.92 Å². The van der Waals surface area contributed by atoms with Gasteiger partial charge in [-0.2, -0.15) is 0 Å². The number of carbonyl (C=O) groups excluding carboxylic acids is 1. The largest absolute Gasteiger partial charge is 0.493 e. The van der Waals surface area contributed by atoms with Crippen LogP contribution in [0.4, 0.5) is 4.39 Å². The van der Waals surface area contributed by atoms with Gasteiger partial charge in [-0.3, -0.25) is 4.79 Å². The molecule has 0 heterocycles. The van der Waals surface area contributed by atoms with Crippen molar-refractivity contribution in [1.82, 2.24) is 0 Å². The predicted octanol–water partition coefficient (Wildman–Crippen LogP) is 4.04. The monoisotopic (exact) mass is 308 g/mol. The van der Waals surface area contributed by atoms with Gasteiger partial charge in [0.1, 0.15) is 5.82 Å². The molecular weight excluding hydrogens is 295 g/mol. The van der Waals surface area contributed by atoms with E-state index in [-0.39, 0.29) is 10.8 Å². The number of ketones is 1. The summed E-state index contributed by atoms with van der Waals surface area (Å²) in [6, 6.07) is 7.21. The van der Waals surface area contributed by atoms with Crippen LogP contribution in [0.2, 0.25) is 5.02 Å². The minimum atomic E-state index is -0.558. The SMILES string of the molecule is COc1cc(C)c(C(=O)c2ccc(F)c(Cl)c2)cc1OC. The van der Waals surface area contributed by atoms with E-state index in [0.29, 0.717) is 22.6 Å². The Kier molecular flexibility index (Phi) is 4.48. The van der Waals surface area contributed by atoms with Crippen molar-refractivity contribution in [3.8, 4) is 11.5 Å². The third-order valence-corrected chi connectivity index (χ3v) is 3.45. The van der Waals surface area contributed by atoms with Crippen molar-refractivity contribution < 1.29 is 18.7 Å². The summed E-state index contributed by atoms with van der Waals surface area (Å²) in [6.07, 6.45) is 0. The van der Waals surface area contributed by atoms with Crippen LogP contribution in [0.25, 0.3) is 0 Å². The quantitative estimate of drug-likeness (QED) is 0.800. The van der Waals surface area contributed by atoms with E-state index in [1.54, 1.807) is 19.1 Å². The van der Waals surface area contributed by atoms with Crippen LogP contribution >= 0.6 is 11.6 Å². The highest BCUT2D eigenvalue weighted by Crippen LogP contribution is 2.31. The number of benzene rings is 2. The van der Waals surface area contributed by atoms with Crippen molar-refractivity contribution in [2.75, 3.05) is 14.2 Å². The molecule has 0 fully saturated rings. The molecule has 0 radical (unpaired) electrons. The molecule has 2 aromatic rings. The number of rotatable bonds is 4. The fourth-order valence-electron chi connectivity index (χ4n) is 2.02.